The van der Waals surface area contributed by atoms with Crippen LogP contribution in [0.3, 0.4) is 0 Å². The number of aryl methyl sites for hydroxylation is 1. The first kappa shape index (κ1) is 19.7. The Balaban J connectivity index is 0.00000225. The van der Waals surface area contributed by atoms with Crippen molar-refractivity contribution in [3.05, 3.63) is 29.8 Å². The fraction of sp³-hybridized carbons (Fsp3) is 0.579. The van der Waals surface area contributed by atoms with Gasteiger partial charge in [0, 0.05) is 31.7 Å². The van der Waals surface area contributed by atoms with Crippen LogP contribution in [0.4, 0.5) is 5.69 Å². The molecule has 25 heavy (non-hydrogen) atoms. The molecule has 1 unspecified atom stereocenters. The highest BCUT2D eigenvalue weighted by molar-refractivity contribution is 6.00. The lowest BCUT2D eigenvalue weighted by Crippen LogP contribution is -2.46. The maximum atomic E-state index is 12.8. The molecular formula is C19H28ClN3O2. The van der Waals surface area contributed by atoms with E-state index in [1.165, 1.54) is 0 Å². The van der Waals surface area contributed by atoms with Gasteiger partial charge < -0.3 is 15.1 Å². The quantitative estimate of drug-likeness (QED) is 0.890. The Morgan fingerprint density at radius 1 is 1.28 bits per heavy atom. The summed E-state index contributed by atoms with van der Waals surface area (Å²) in [5.74, 6) is -0.0398. The van der Waals surface area contributed by atoms with Crippen molar-refractivity contribution in [2.24, 2.45) is 5.92 Å². The maximum Gasteiger partial charge on any atom is 0.228 e. The van der Waals surface area contributed by atoms with Crippen LogP contribution >= 0.6 is 12.4 Å². The van der Waals surface area contributed by atoms with Gasteiger partial charge in [0.15, 0.2) is 0 Å². The van der Waals surface area contributed by atoms with Crippen molar-refractivity contribution in [3.63, 3.8) is 0 Å². The summed E-state index contributed by atoms with van der Waals surface area (Å²) in [6, 6.07) is 8.29. The standard InChI is InChI=1S/C19H27N3O2.ClH/c1-3-14-6-4-5-7-17(14)22-13-15(12-18(22)23)19(24)21(2)16-8-10-20-11-9-16;/h4-7,15-16,20H,3,8-13H2,1-2H3;1H. The molecule has 0 radical (unpaired) electrons. The molecule has 1 atom stereocenters. The molecule has 138 valence electrons. The molecule has 3 rings (SSSR count). The molecule has 2 saturated heterocycles. The highest BCUT2D eigenvalue weighted by Crippen LogP contribution is 2.29. The molecule has 2 heterocycles. The van der Waals surface area contributed by atoms with Gasteiger partial charge in [0.25, 0.3) is 0 Å². The molecular weight excluding hydrogens is 338 g/mol. The number of piperidine rings is 1. The van der Waals surface area contributed by atoms with Crippen LogP contribution in [0.25, 0.3) is 0 Å². The van der Waals surface area contributed by atoms with Crippen molar-refractivity contribution < 1.29 is 9.59 Å². The molecule has 2 aliphatic rings. The van der Waals surface area contributed by atoms with Crippen LogP contribution in [-0.4, -0.2) is 49.4 Å². The second kappa shape index (κ2) is 8.68. The van der Waals surface area contributed by atoms with Gasteiger partial charge in [0.1, 0.15) is 0 Å². The van der Waals surface area contributed by atoms with Gasteiger partial charge >= 0.3 is 0 Å². The van der Waals surface area contributed by atoms with Crippen LogP contribution in [0.1, 0.15) is 31.7 Å². The zero-order valence-electron chi connectivity index (χ0n) is 15.0. The molecule has 2 amide bonds. The summed E-state index contributed by atoms with van der Waals surface area (Å²) >= 11 is 0. The van der Waals surface area contributed by atoms with E-state index in [1.54, 1.807) is 4.90 Å². The lowest BCUT2D eigenvalue weighted by Gasteiger charge is -2.33. The second-order valence-corrected chi connectivity index (χ2v) is 6.82. The van der Waals surface area contributed by atoms with Gasteiger partial charge in [-0.2, -0.15) is 0 Å². The molecule has 2 fully saturated rings. The van der Waals surface area contributed by atoms with E-state index in [4.69, 9.17) is 0 Å². The number of halogens is 1. The Labute approximate surface area is 156 Å². The van der Waals surface area contributed by atoms with E-state index in [0.29, 0.717) is 19.0 Å². The largest absolute Gasteiger partial charge is 0.342 e. The van der Waals surface area contributed by atoms with Gasteiger partial charge in [0.2, 0.25) is 11.8 Å². The Hall–Kier alpha value is -1.59. The summed E-state index contributed by atoms with van der Waals surface area (Å²) in [4.78, 5) is 29.0. The highest BCUT2D eigenvalue weighted by atomic mass is 35.5. The summed E-state index contributed by atoms with van der Waals surface area (Å²) < 4.78 is 0. The lowest BCUT2D eigenvalue weighted by molar-refractivity contribution is -0.137. The molecule has 0 saturated carbocycles. The minimum atomic E-state index is -0.220. The number of nitrogens with one attached hydrogen (secondary N) is 1. The van der Waals surface area contributed by atoms with E-state index in [1.807, 2.05) is 30.1 Å². The van der Waals surface area contributed by atoms with Gasteiger partial charge in [-0.1, -0.05) is 25.1 Å². The first-order chi connectivity index (χ1) is 11.6. The number of hydrogen-bond donors (Lipinski definition) is 1. The van der Waals surface area contributed by atoms with E-state index in [9.17, 15) is 9.59 Å². The number of nitrogens with zero attached hydrogens (tertiary/aromatic N) is 2. The van der Waals surface area contributed by atoms with Crippen molar-refractivity contribution in [1.82, 2.24) is 10.2 Å². The molecule has 2 aliphatic heterocycles. The molecule has 0 aliphatic carbocycles. The summed E-state index contributed by atoms with van der Waals surface area (Å²) in [5.41, 5.74) is 2.12. The van der Waals surface area contributed by atoms with Gasteiger partial charge in [0.05, 0.1) is 5.92 Å². The zero-order chi connectivity index (χ0) is 17.1. The zero-order valence-corrected chi connectivity index (χ0v) is 15.8. The number of carbonyl (C=O) groups is 2. The normalized spacial score (nSPS) is 21.1. The predicted octanol–water partition coefficient (Wildman–Crippen LogP) is 2.23. The summed E-state index contributed by atoms with van der Waals surface area (Å²) in [5, 5.41) is 3.33. The lowest BCUT2D eigenvalue weighted by atomic mass is 10.0. The Kier molecular flexibility index (Phi) is 6.85. The van der Waals surface area contributed by atoms with E-state index in [0.717, 1.165) is 43.6 Å². The van der Waals surface area contributed by atoms with E-state index >= 15 is 0 Å². The van der Waals surface area contributed by atoms with Crippen LogP contribution < -0.4 is 10.2 Å². The number of rotatable bonds is 4. The topological polar surface area (TPSA) is 52.7 Å². The van der Waals surface area contributed by atoms with Gasteiger partial charge in [-0.3, -0.25) is 9.59 Å². The number of amides is 2. The molecule has 0 bridgehead atoms. The number of carbonyl (C=O) groups excluding carboxylic acids is 2. The Morgan fingerprint density at radius 3 is 2.64 bits per heavy atom. The van der Waals surface area contributed by atoms with Crippen LogP contribution in [0.2, 0.25) is 0 Å². The molecule has 1 N–H and O–H groups in total. The van der Waals surface area contributed by atoms with Crippen molar-refractivity contribution in [3.8, 4) is 0 Å². The van der Waals surface area contributed by atoms with Crippen molar-refractivity contribution in [2.75, 3.05) is 31.6 Å². The molecule has 0 spiro atoms. The predicted molar refractivity (Wildman–Crippen MR) is 102 cm³/mol. The van der Waals surface area contributed by atoms with Gasteiger partial charge in [-0.25, -0.2) is 0 Å². The maximum absolute atomic E-state index is 12.8. The average molecular weight is 366 g/mol. The van der Waals surface area contributed by atoms with Crippen LogP contribution in [0, 0.1) is 5.92 Å². The van der Waals surface area contributed by atoms with Crippen molar-refractivity contribution in [2.45, 2.75) is 38.6 Å². The molecule has 1 aromatic carbocycles. The fourth-order valence-corrected chi connectivity index (χ4v) is 3.84. The van der Waals surface area contributed by atoms with Gasteiger partial charge in [-0.15, -0.1) is 12.4 Å². The number of anilines is 1. The Bertz CT molecular complexity index is 616. The van der Waals surface area contributed by atoms with E-state index in [-0.39, 0.29) is 30.1 Å². The van der Waals surface area contributed by atoms with Crippen LogP contribution in [0.5, 0.6) is 0 Å². The fourth-order valence-electron chi connectivity index (χ4n) is 3.84. The third kappa shape index (κ3) is 4.15. The SMILES string of the molecule is CCc1ccccc1N1CC(C(=O)N(C)C2CCNCC2)CC1=O.Cl. The van der Waals surface area contributed by atoms with Crippen LogP contribution in [-0.2, 0) is 16.0 Å². The third-order valence-electron chi connectivity index (χ3n) is 5.34. The average Bonchev–Trinajstić information content (AvgIpc) is 3.02. The molecule has 1 aromatic rings. The molecule has 6 heteroatoms. The van der Waals surface area contributed by atoms with Crippen molar-refractivity contribution >= 4 is 29.9 Å². The third-order valence-corrected chi connectivity index (χ3v) is 5.34. The Morgan fingerprint density at radius 2 is 1.96 bits per heavy atom. The first-order valence-corrected chi connectivity index (χ1v) is 8.97. The number of hydrogen-bond acceptors (Lipinski definition) is 3. The van der Waals surface area contributed by atoms with Gasteiger partial charge in [-0.05, 0) is 44.0 Å². The number of benzene rings is 1. The monoisotopic (exact) mass is 365 g/mol. The smallest absolute Gasteiger partial charge is 0.228 e. The molecule has 5 nitrogen and oxygen atoms in total. The summed E-state index contributed by atoms with van der Waals surface area (Å²) in [6.07, 6.45) is 3.19. The summed E-state index contributed by atoms with van der Waals surface area (Å²) in [6.45, 7) is 4.51. The molecule has 0 aromatic heterocycles. The first-order valence-electron chi connectivity index (χ1n) is 8.97. The van der Waals surface area contributed by atoms with E-state index < -0.39 is 0 Å². The summed E-state index contributed by atoms with van der Waals surface area (Å²) in [7, 11) is 1.89. The van der Waals surface area contributed by atoms with Crippen LogP contribution in [0.15, 0.2) is 24.3 Å². The minimum absolute atomic E-state index is 0. The van der Waals surface area contributed by atoms with Crippen molar-refractivity contribution in [1.29, 1.82) is 0 Å². The second-order valence-electron chi connectivity index (χ2n) is 6.82. The van der Waals surface area contributed by atoms with E-state index in [2.05, 4.69) is 18.3 Å². The minimum Gasteiger partial charge on any atom is -0.342 e. The number of para-hydroxylation sites is 1. The highest BCUT2D eigenvalue weighted by Gasteiger charge is 2.38.